The molecule has 0 unspecified atom stereocenters. The first-order chi connectivity index (χ1) is 13.3. The molecule has 2 heterocycles. The van der Waals surface area contributed by atoms with Crippen molar-refractivity contribution < 1.29 is 4.74 Å². The lowest BCUT2D eigenvalue weighted by atomic mass is 10.0. The summed E-state index contributed by atoms with van der Waals surface area (Å²) < 4.78 is 5.93. The molecular weight excluding hydrogens is 334 g/mol. The molecule has 4 aromatic rings. The molecule has 0 spiro atoms. The van der Waals surface area contributed by atoms with Gasteiger partial charge >= 0.3 is 0 Å². The smallest absolute Gasteiger partial charge is 0.120 e. The van der Waals surface area contributed by atoms with Gasteiger partial charge in [-0.1, -0.05) is 36.4 Å². The Morgan fingerprint density at radius 1 is 1.07 bits per heavy atom. The largest absolute Gasteiger partial charge is 0.489 e. The number of nitrogens with zero attached hydrogens (tertiary/aromatic N) is 2. The molecule has 0 aliphatic rings. The topological polar surface area (TPSA) is 61.7 Å². The maximum Gasteiger partial charge on any atom is 0.120 e. The van der Waals surface area contributed by atoms with Crippen LogP contribution in [0.2, 0.25) is 0 Å². The summed E-state index contributed by atoms with van der Waals surface area (Å²) in [6.07, 6.45) is 5.36. The predicted molar refractivity (Wildman–Crippen MR) is 107 cm³/mol. The molecule has 4 heteroatoms. The summed E-state index contributed by atoms with van der Waals surface area (Å²) in [5.41, 5.74) is 4.21. The third-order valence-electron chi connectivity index (χ3n) is 4.29. The third-order valence-corrected chi connectivity index (χ3v) is 4.29. The van der Waals surface area contributed by atoms with Gasteiger partial charge in [-0.15, -0.1) is 0 Å². The molecule has 4 nitrogen and oxygen atoms in total. The fraction of sp³-hybridized carbons (Fsp3) is 0.0435. The maximum absolute atomic E-state index is 9.65. The molecule has 0 radical (unpaired) electrons. The molecule has 130 valence electrons. The Hall–Kier alpha value is -3.84. The Morgan fingerprint density at radius 2 is 1.93 bits per heavy atom. The van der Waals surface area contributed by atoms with E-state index in [0.29, 0.717) is 12.2 Å². The summed E-state index contributed by atoms with van der Waals surface area (Å²) in [5, 5.41) is 10.6. The summed E-state index contributed by atoms with van der Waals surface area (Å²) in [6.45, 7) is 0.501. The number of nitriles is 1. The highest BCUT2D eigenvalue weighted by molar-refractivity contribution is 6.01. The molecule has 0 saturated carbocycles. The summed E-state index contributed by atoms with van der Waals surface area (Å²) in [6, 6.07) is 23.8. The van der Waals surface area contributed by atoms with Crippen LogP contribution in [0.1, 0.15) is 16.8 Å². The molecule has 0 fully saturated rings. The number of ether oxygens (including phenoxy) is 1. The Morgan fingerprint density at radius 3 is 2.70 bits per heavy atom. The molecule has 0 amide bonds. The van der Waals surface area contributed by atoms with Crippen LogP contribution in [0.3, 0.4) is 0 Å². The van der Waals surface area contributed by atoms with Gasteiger partial charge in [0.1, 0.15) is 12.4 Å². The Balaban J connectivity index is 1.65. The third kappa shape index (κ3) is 3.73. The number of H-pyrrole nitrogens is 1. The summed E-state index contributed by atoms with van der Waals surface area (Å²) in [7, 11) is 0. The van der Waals surface area contributed by atoms with Gasteiger partial charge in [-0.3, -0.25) is 4.98 Å². The minimum Gasteiger partial charge on any atom is -0.489 e. The van der Waals surface area contributed by atoms with Gasteiger partial charge in [0, 0.05) is 28.9 Å². The standard InChI is InChI=1S/C23H17N3O/c24-14-18(12-19-8-4-5-11-25-19)22-15-26-23-10-9-20(13-21(22)23)27-16-17-6-2-1-3-7-17/h1-13,15,26H,16H2. The van der Waals surface area contributed by atoms with Crippen molar-refractivity contribution in [2.45, 2.75) is 6.61 Å². The summed E-state index contributed by atoms with van der Waals surface area (Å²) in [5.74, 6) is 0.766. The van der Waals surface area contributed by atoms with E-state index in [1.807, 2.05) is 72.9 Å². The monoisotopic (exact) mass is 351 g/mol. The Kier molecular flexibility index (Phi) is 4.67. The van der Waals surface area contributed by atoms with Crippen LogP contribution in [0.15, 0.2) is 79.1 Å². The van der Waals surface area contributed by atoms with E-state index in [0.717, 1.165) is 33.5 Å². The van der Waals surface area contributed by atoms with Gasteiger partial charge in [-0.25, -0.2) is 0 Å². The van der Waals surface area contributed by atoms with Crippen LogP contribution in [0.5, 0.6) is 5.75 Å². The van der Waals surface area contributed by atoms with Crippen molar-refractivity contribution in [2.75, 3.05) is 0 Å². The van der Waals surface area contributed by atoms with Crippen molar-refractivity contribution in [1.82, 2.24) is 9.97 Å². The van der Waals surface area contributed by atoms with Crippen LogP contribution in [-0.4, -0.2) is 9.97 Å². The number of aromatic amines is 1. The summed E-state index contributed by atoms with van der Waals surface area (Å²) >= 11 is 0. The van der Waals surface area contributed by atoms with E-state index in [1.165, 1.54) is 0 Å². The molecule has 1 N–H and O–H groups in total. The second-order valence-corrected chi connectivity index (χ2v) is 6.11. The number of nitrogens with one attached hydrogen (secondary N) is 1. The minimum atomic E-state index is 0.501. The Bertz CT molecular complexity index is 1120. The maximum atomic E-state index is 9.65. The predicted octanol–water partition coefficient (Wildman–Crippen LogP) is 5.21. The van der Waals surface area contributed by atoms with Crippen LogP contribution in [0.4, 0.5) is 0 Å². The molecular formula is C23H17N3O. The van der Waals surface area contributed by atoms with Crippen molar-refractivity contribution in [2.24, 2.45) is 0 Å². The first-order valence-corrected chi connectivity index (χ1v) is 8.64. The van der Waals surface area contributed by atoms with Crippen LogP contribution in [0, 0.1) is 11.3 Å². The van der Waals surface area contributed by atoms with Crippen molar-refractivity contribution in [1.29, 1.82) is 5.26 Å². The highest BCUT2D eigenvalue weighted by atomic mass is 16.5. The van der Waals surface area contributed by atoms with Crippen LogP contribution < -0.4 is 4.74 Å². The fourth-order valence-corrected chi connectivity index (χ4v) is 2.93. The molecule has 4 rings (SSSR count). The van der Waals surface area contributed by atoms with Crippen molar-refractivity contribution in [3.8, 4) is 11.8 Å². The first-order valence-electron chi connectivity index (χ1n) is 8.64. The molecule has 0 bridgehead atoms. The van der Waals surface area contributed by atoms with Crippen molar-refractivity contribution in [3.05, 3.63) is 95.9 Å². The average molecular weight is 351 g/mol. The zero-order chi connectivity index (χ0) is 18.5. The van der Waals surface area contributed by atoms with Crippen molar-refractivity contribution >= 4 is 22.6 Å². The average Bonchev–Trinajstić information content (AvgIpc) is 3.15. The zero-order valence-electron chi connectivity index (χ0n) is 14.6. The highest BCUT2D eigenvalue weighted by Gasteiger charge is 2.10. The minimum absolute atomic E-state index is 0.501. The van der Waals surface area contributed by atoms with E-state index in [9.17, 15) is 5.26 Å². The lowest BCUT2D eigenvalue weighted by molar-refractivity contribution is 0.306. The lowest BCUT2D eigenvalue weighted by Gasteiger charge is -2.07. The van der Waals surface area contributed by atoms with E-state index in [1.54, 1.807) is 12.3 Å². The molecule has 27 heavy (non-hydrogen) atoms. The van der Waals surface area contributed by atoms with Gasteiger partial charge in [-0.05, 0) is 42.0 Å². The number of hydrogen-bond acceptors (Lipinski definition) is 3. The van der Waals surface area contributed by atoms with Gasteiger partial charge in [-0.2, -0.15) is 5.26 Å². The van der Waals surface area contributed by atoms with Gasteiger partial charge in [0.25, 0.3) is 0 Å². The van der Waals surface area contributed by atoms with E-state index in [4.69, 9.17) is 4.74 Å². The van der Waals surface area contributed by atoms with Gasteiger partial charge in [0.05, 0.1) is 17.3 Å². The number of pyridine rings is 1. The van der Waals surface area contributed by atoms with Crippen LogP contribution in [0.25, 0.3) is 22.6 Å². The second-order valence-electron chi connectivity index (χ2n) is 6.11. The zero-order valence-corrected chi connectivity index (χ0v) is 14.6. The van der Waals surface area contributed by atoms with E-state index < -0.39 is 0 Å². The number of fused-ring (bicyclic) bond motifs is 1. The number of hydrogen-bond donors (Lipinski definition) is 1. The molecule has 0 atom stereocenters. The molecule has 0 aliphatic carbocycles. The van der Waals surface area contributed by atoms with E-state index in [2.05, 4.69) is 16.0 Å². The number of rotatable bonds is 5. The van der Waals surface area contributed by atoms with Crippen molar-refractivity contribution in [3.63, 3.8) is 0 Å². The quantitative estimate of drug-likeness (QED) is 0.502. The Labute approximate surface area is 157 Å². The molecule has 0 saturated heterocycles. The van der Waals surface area contributed by atoms with Crippen LogP contribution >= 0.6 is 0 Å². The molecule has 2 aromatic heterocycles. The fourth-order valence-electron chi connectivity index (χ4n) is 2.93. The van der Waals surface area contributed by atoms with Gasteiger partial charge in [0.15, 0.2) is 0 Å². The van der Waals surface area contributed by atoms with Crippen LogP contribution in [-0.2, 0) is 6.61 Å². The lowest BCUT2D eigenvalue weighted by Crippen LogP contribution is -1.94. The van der Waals surface area contributed by atoms with E-state index >= 15 is 0 Å². The SMILES string of the molecule is N#CC(=Cc1ccccn1)c1c[nH]c2ccc(OCc3ccccc3)cc12. The molecule has 0 aliphatic heterocycles. The normalized spacial score (nSPS) is 11.3. The van der Waals surface area contributed by atoms with E-state index in [-0.39, 0.29) is 0 Å². The number of allylic oxidation sites excluding steroid dienone is 1. The first kappa shape index (κ1) is 16.6. The molecule has 2 aromatic carbocycles. The second kappa shape index (κ2) is 7.59. The van der Waals surface area contributed by atoms with Gasteiger partial charge < -0.3 is 9.72 Å². The number of benzene rings is 2. The highest BCUT2D eigenvalue weighted by Crippen LogP contribution is 2.29. The van der Waals surface area contributed by atoms with Gasteiger partial charge in [0.2, 0.25) is 0 Å². The summed E-state index contributed by atoms with van der Waals surface area (Å²) in [4.78, 5) is 7.50. The number of aromatic nitrogens is 2.